The average Bonchev–Trinajstić information content (AvgIpc) is 3.15. The van der Waals surface area contributed by atoms with Crippen molar-refractivity contribution in [1.82, 2.24) is 5.09 Å². The van der Waals surface area contributed by atoms with Crippen molar-refractivity contribution in [3.05, 3.63) is 60.4 Å². The first-order valence-electron chi connectivity index (χ1n) is 12.0. The summed E-state index contributed by atoms with van der Waals surface area (Å²) in [5, 5.41) is 23.7. The number of esters is 1. The lowest BCUT2D eigenvalue weighted by molar-refractivity contribution is -0.765. The minimum Gasteiger partial charge on any atom is -0.464 e. The minimum atomic E-state index is -4.22. The fraction of sp³-hybridized carbons (Fsp3) is 0.480. The van der Waals surface area contributed by atoms with E-state index in [0.717, 1.165) is 0 Å². The second-order valence-corrected chi connectivity index (χ2v) is 11.9. The summed E-state index contributed by atoms with van der Waals surface area (Å²) in [7, 11) is -4.22. The van der Waals surface area contributed by atoms with Crippen LogP contribution in [0.1, 0.15) is 44.3 Å². The van der Waals surface area contributed by atoms with Crippen LogP contribution in [-0.2, 0) is 23.4 Å². The van der Waals surface area contributed by atoms with E-state index in [9.17, 15) is 24.4 Å². The number of aromatic nitrogens is 1. The second kappa shape index (κ2) is 12.3. The molecule has 1 aliphatic rings. The van der Waals surface area contributed by atoms with E-state index in [0.29, 0.717) is 0 Å². The number of benzene rings is 1. The van der Waals surface area contributed by atoms with Crippen LogP contribution < -0.4 is 19.9 Å². The van der Waals surface area contributed by atoms with Crippen LogP contribution in [0, 0.1) is 5.41 Å². The van der Waals surface area contributed by atoms with Crippen LogP contribution in [0.5, 0.6) is 5.75 Å². The van der Waals surface area contributed by atoms with E-state index in [2.05, 4.69) is 5.09 Å². The molecule has 3 unspecified atom stereocenters. The van der Waals surface area contributed by atoms with Gasteiger partial charge in [0, 0.05) is 6.07 Å². The summed E-state index contributed by atoms with van der Waals surface area (Å²) in [6, 6.07) is 10.2. The molecule has 2 aromatic rings. The molecule has 1 amide bonds. The van der Waals surface area contributed by atoms with Gasteiger partial charge in [0.2, 0.25) is 0 Å². The number of hydrogen-bond acceptors (Lipinski definition) is 9. The molecule has 1 aliphatic heterocycles. The SMILES string of the molecule is CC(NP(=O)(OCC1O[C@@H]([n+]2cccc(C(N)=O)c2)[C@H](O)[C@@H]1O)Oc1ccccc1)C(=O)OCC(C)(C)C. The van der Waals surface area contributed by atoms with Crippen molar-refractivity contribution in [3.8, 4) is 5.75 Å². The molecule has 38 heavy (non-hydrogen) atoms. The highest BCUT2D eigenvalue weighted by Gasteiger charge is 2.49. The Bertz CT molecular complexity index is 1160. The van der Waals surface area contributed by atoms with E-state index in [1.54, 1.807) is 36.4 Å². The molecule has 1 aromatic carbocycles. The average molecular weight is 553 g/mol. The molecule has 5 N–H and O–H groups in total. The van der Waals surface area contributed by atoms with Crippen LogP contribution in [0.2, 0.25) is 0 Å². The van der Waals surface area contributed by atoms with Crippen LogP contribution in [0.4, 0.5) is 0 Å². The third-order valence-electron chi connectivity index (χ3n) is 5.47. The molecule has 0 bridgehead atoms. The number of amides is 1. The van der Waals surface area contributed by atoms with Gasteiger partial charge in [-0.15, -0.1) is 0 Å². The monoisotopic (exact) mass is 552 g/mol. The smallest absolute Gasteiger partial charge is 0.459 e. The zero-order valence-corrected chi connectivity index (χ0v) is 22.6. The molecule has 208 valence electrons. The molecule has 1 fully saturated rings. The van der Waals surface area contributed by atoms with Crippen LogP contribution in [-0.4, -0.2) is 59.7 Å². The van der Waals surface area contributed by atoms with Crippen molar-refractivity contribution in [2.75, 3.05) is 13.2 Å². The van der Waals surface area contributed by atoms with Crippen molar-refractivity contribution >= 4 is 19.6 Å². The maximum Gasteiger partial charge on any atom is 0.459 e. The number of ether oxygens (including phenoxy) is 2. The van der Waals surface area contributed by atoms with Gasteiger partial charge in [0.25, 0.3) is 12.1 Å². The fourth-order valence-electron chi connectivity index (χ4n) is 3.49. The molecule has 2 heterocycles. The number of carbonyl (C=O) groups is 2. The number of primary amides is 1. The summed E-state index contributed by atoms with van der Waals surface area (Å²) in [4.78, 5) is 24.0. The summed E-state index contributed by atoms with van der Waals surface area (Å²) in [5.41, 5.74) is 5.23. The Balaban J connectivity index is 1.73. The molecule has 0 radical (unpaired) electrons. The molecule has 1 aromatic heterocycles. The predicted octanol–water partition coefficient (Wildman–Crippen LogP) is 1.46. The highest BCUT2D eigenvalue weighted by atomic mass is 31.2. The van der Waals surface area contributed by atoms with Crippen LogP contribution >= 0.6 is 7.75 Å². The van der Waals surface area contributed by atoms with Crippen LogP contribution in [0.3, 0.4) is 0 Å². The molecule has 0 spiro atoms. The Hall–Kier alpha value is -2.86. The van der Waals surface area contributed by atoms with Crippen molar-refractivity contribution in [2.45, 2.75) is 58.3 Å². The second-order valence-electron chi connectivity index (χ2n) is 10.2. The van der Waals surface area contributed by atoms with Gasteiger partial charge in [-0.1, -0.05) is 39.0 Å². The Morgan fingerprint density at radius 1 is 1.16 bits per heavy atom. The zero-order valence-electron chi connectivity index (χ0n) is 21.7. The Morgan fingerprint density at radius 3 is 2.47 bits per heavy atom. The molecule has 0 saturated carbocycles. The van der Waals surface area contributed by atoms with E-state index in [1.807, 2.05) is 20.8 Å². The number of nitrogens with zero attached hydrogens (tertiary/aromatic N) is 1. The lowest BCUT2D eigenvalue weighted by atomic mass is 9.99. The van der Waals surface area contributed by atoms with Gasteiger partial charge in [0.05, 0.1) is 13.2 Å². The topological polar surface area (TPSA) is 171 Å². The van der Waals surface area contributed by atoms with Gasteiger partial charge in [0.15, 0.2) is 18.5 Å². The Kier molecular flexibility index (Phi) is 9.64. The normalized spacial score (nSPS) is 23.8. The van der Waals surface area contributed by atoms with Crippen LogP contribution in [0.15, 0.2) is 54.9 Å². The van der Waals surface area contributed by atoms with Crippen LogP contribution in [0.25, 0.3) is 0 Å². The first-order valence-corrected chi connectivity index (χ1v) is 13.6. The van der Waals surface area contributed by atoms with Gasteiger partial charge in [-0.3, -0.25) is 14.1 Å². The van der Waals surface area contributed by atoms with Crippen molar-refractivity contribution in [3.63, 3.8) is 0 Å². The highest BCUT2D eigenvalue weighted by Crippen LogP contribution is 2.45. The number of carbonyl (C=O) groups excluding carboxylic acids is 2. The van der Waals surface area contributed by atoms with Gasteiger partial charge < -0.3 is 29.9 Å². The van der Waals surface area contributed by atoms with E-state index < -0.39 is 56.8 Å². The van der Waals surface area contributed by atoms with Gasteiger partial charge in [-0.2, -0.15) is 9.65 Å². The van der Waals surface area contributed by atoms with E-state index in [-0.39, 0.29) is 23.3 Å². The number of aliphatic hydroxyl groups excluding tert-OH is 2. The maximum absolute atomic E-state index is 13.7. The predicted molar refractivity (Wildman–Crippen MR) is 135 cm³/mol. The molecular formula is C25H35N3O9P+. The Morgan fingerprint density at radius 2 is 1.84 bits per heavy atom. The van der Waals surface area contributed by atoms with Crippen molar-refractivity contribution < 1.29 is 47.5 Å². The number of nitrogens with two attached hydrogens (primary N) is 1. The molecule has 1 saturated heterocycles. The summed E-state index contributed by atoms with van der Waals surface area (Å²) in [6.07, 6.45) is -2.12. The largest absolute Gasteiger partial charge is 0.464 e. The first-order chi connectivity index (χ1) is 17.8. The summed E-state index contributed by atoms with van der Waals surface area (Å²) < 4.78 is 37.3. The summed E-state index contributed by atoms with van der Waals surface area (Å²) in [6.45, 7) is 6.86. The van der Waals surface area contributed by atoms with E-state index in [4.69, 9.17) is 24.3 Å². The third kappa shape index (κ3) is 8.07. The molecule has 12 nitrogen and oxygen atoms in total. The number of aliphatic hydroxyl groups is 2. The molecule has 0 aliphatic carbocycles. The number of para-hydroxylation sites is 1. The minimum absolute atomic E-state index is 0.151. The maximum atomic E-state index is 13.7. The number of hydrogen-bond donors (Lipinski definition) is 4. The zero-order chi connectivity index (χ0) is 28.1. The standard InChI is InChI=1S/C25H34N3O9P/c1-16(24(32)34-15-25(2,3)4)27-38(33,37-18-10-6-5-7-11-18)35-14-19-20(29)21(30)23(36-19)28-12-8-9-17(13-28)22(26)31/h5-13,16,19-21,23,29-30H,14-15H2,1-4H3,(H2-,26,27,31,33)/p+1/t16?,19?,20-,21-,23-,38?/m1/s1. The summed E-state index contributed by atoms with van der Waals surface area (Å²) >= 11 is 0. The Labute approximate surface area is 221 Å². The number of rotatable bonds is 11. The van der Waals surface area contributed by atoms with Gasteiger partial charge in [-0.05, 0) is 30.5 Å². The lowest BCUT2D eigenvalue weighted by Gasteiger charge is -2.25. The van der Waals surface area contributed by atoms with Crippen molar-refractivity contribution in [2.24, 2.45) is 11.1 Å². The number of nitrogens with one attached hydrogen (secondary N) is 1. The van der Waals surface area contributed by atoms with Gasteiger partial charge in [0.1, 0.15) is 29.6 Å². The molecule has 3 rings (SSSR count). The molecule has 6 atom stereocenters. The first kappa shape index (κ1) is 29.7. The third-order valence-corrected chi connectivity index (χ3v) is 7.11. The van der Waals surface area contributed by atoms with E-state index >= 15 is 0 Å². The van der Waals surface area contributed by atoms with Gasteiger partial charge >= 0.3 is 13.7 Å². The fourth-order valence-corrected chi connectivity index (χ4v) is 5.00. The lowest BCUT2D eigenvalue weighted by Crippen LogP contribution is -2.46. The quantitative estimate of drug-likeness (QED) is 0.182. The summed E-state index contributed by atoms with van der Waals surface area (Å²) in [5.74, 6) is -1.12. The molecular weight excluding hydrogens is 517 g/mol. The number of pyridine rings is 1. The van der Waals surface area contributed by atoms with Gasteiger partial charge in [-0.25, -0.2) is 4.57 Å². The van der Waals surface area contributed by atoms with E-state index in [1.165, 1.54) is 30.0 Å². The highest BCUT2D eigenvalue weighted by molar-refractivity contribution is 7.52. The van der Waals surface area contributed by atoms with Crippen molar-refractivity contribution in [1.29, 1.82) is 0 Å². The molecule has 13 heteroatoms.